The number of rotatable bonds is 6. The first-order valence-electron chi connectivity index (χ1n) is 10.7. The number of alkyl carbamates (subject to hydrolysis) is 1. The molecule has 1 fully saturated rings. The number of carbonyl (C=O) groups is 3. The van der Waals surface area contributed by atoms with Crippen molar-refractivity contribution < 1.29 is 19.1 Å². The number of nitrogens with one attached hydrogen (secondary N) is 2. The van der Waals surface area contributed by atoms with E-state index in [1.54, 1.807) is 45.0 Å². The average Bonchev–Trinajstić information content (AvgIpc) is 2.72. The third kappa shape index (κ3) is 7.32. The second-order valence-corrected chi connectivity index (χ2v) is 8.84. The molecule has 1 aromatic carbocycles. The van der Waals surface area contributed by atoms with Gasteiger partial charge in [0, 0.05) is 18.7 Å². The van der Waals surface area contributed by atoms with Gasteiger partial charge in [-0.1, -0.05) is 43.4 Å². The number of terminal acetylenes is 1. The van der Waals surface area contributed by atoms with E-state index < -0.39 is 23.6 Å². The van der Waals surface area contributed by atoms with Gasteiger partial charge in [-0.25, -0.2) is 4.79 Å². The van der Waals surface area contributed by atoms with E-state index in [0.717, 1.165) is 25.7 Å². The van der Waals surface area contributed by atoms with Crippen LogP contribution >= 0.6 is 0 Å². The minimum absolute atomic E-state index is 0.0881. The number of ether oxygens (including phenoxy) is 1. The smallest absolute Gasteiger partial charge is 0.408 e. The van der Waals surface area contributed by atoms with E-state index >= 15 is 0 Å². The van der Waals surface area contributed by atoms with Crippen molar-refractivity contribution >= 4 is 17.9 Å². The molecule has 1 aliphatic rings. The van der Waals surface area contributed by atoms with Gasteiger partial charge in [0.1, 0.15) is 18.2 Å². The van der Waals surface area contributed by atoms with E-state index in [1.165, 1.54) is 18.4 Å². The van der Waals surface area contributed by atoms with Gasteiger partial charge >= 0.3 is 6.09 Å². The molecule has 0 aromatic heterocycles. The van der Waals surface area contributed by atoms with Crippen LogP contribution in [0.25, 0.3) is 0 Å². The van der Waals surface area contributed by atoms with Crippen LogP contribution in [0.4, 0.5) is 4.79 Å². The summed E-state index contributed by atoms with van der Waals surface area (Å²) in [6, 6.07) is 6.26. The van der Waals surface area contributed by atoms with Crippen LogP contribution in [0.5, 0.6) is 0 Å². The lowest BCUT2D eigenvalue weighted by atomic mass is 9.94. The third-order valence-electron chi connectivity index (χ3n) is 5.17. The molecule has 3 amide bonds. The number of nitrogens with zero attached hydrogens (tertiary/aromatic N) is 1. The Hall–Kier alpha value is -3.01. The van der Waals surface area contributed by atoms with Crippen LogP contribution in [-0.2, 0) is 14.3 Å². The van der Waals surface area contributed by atoms with Crippen molar-refractivity contribution in [1.82, 2.24) is 15.5 Å². The predicted molar refractivity (Wildman–Crippen MR) is 119 cm³/mol. The largest absolute Gasteiger partial charge is 0.444 e. The Bertz CT molecular complexity index is 832. The Morgan fingerprint density at radius 1 is 1.19 bits per heavy atom. The third-order valence-corrected chi connectivity index (χ3v) is 5.17. The minimum Gasteiger partial charge on any atom is -0.444 e. The summed E-state index contributed by atoms with van der Waals surface area (Å²) in [6.45, 7) is 4.92. The molecule has 1 atom stereocenters. The summed E-state index contributed by atoms with van der Waals surface area (Å²) in [7, 11) is 1.54. The first-order chi connectivity index (χ1) is 14.6. The Morgan fingerprint density at radius 2 is 1.84 bits per heavy atom. The van der Waals surface area contributed by atoms with E-state index in [2.05, 4.69) is 16.6 Å². The lowest BCUT2D eigenvalue weighted by Gasteiger charge is -2.31. The molecule has 1 aliphatic carbocycles. The zero-order valence-electron chi connectivity index (χ0n) is 18.9. The van der Waals surface area contributed by atoms with E-state index in [0.29, 0.717) is 11.1 Å². The van der Waals surface area contributed by atoms with Crippen molar-refractivity contribution in [1.29, 1.82) is 0 Å². The molecule has 1 aromatic rings. The highest BCUT2D eigenvalue weighted by Crippen LogP contribution is 2.25. The molecule has 0 heterocycles. The summed E-state index contributed by atoms with van der Waals surface area (Å²) in [5.74, 6) is 1.89. The molecule has 0 bridgehead atoms. The molecule has 0 saturated heterocycles. The van der Waals surface area contributed by atoms with Gasteiger partial charge in [-0.05, 0) is 45.2 Å². The number of benzene rings is 1. The molecular formula is C24H33N3O4. The fourth-order valence-electron chi connectivity index (χ4n) is 3.65. The monoisotopic (exact) mass is 427 g/mol. The molecule has 2 N–H and O–H groups in total. The van der Waals surface area contributed by atoms with Crippen LogP contribution in [0.3, 0.4) is 0 Å². The van der Waals surface area contributed by atoms with Crippen LogP contribution in [-0.4, -0.2) is 48.0 Å². The lowest BCUT2D eigenvalue weighted by molar-refractivity contribution is -0.139. The topological polar surface area (TPSA) is 87.7 Å². The number of likely N-dealkylation sites (N-methyl/N-ethyl adjacent to an activating group) is 1. The molecule has 0 spiro atoms. The van der Waals surface area contributed by atoms with Crippen molar-refractivity contribution in [2.45, 2.75) is 70.6 Å². The summed E-state index contributed by atoms with van der Waals surface area (Å²) in [5.41, 5.74) is 0.449. The normalized spacial score (nSPS) is 15.3. The molecule has 168 valence electrons. The maximum absolute atomic E-state index is 13.3. The van der Waals surface area contributed by atoms with Gasteiger partial charge in [-0.3, -0.25) is 9.59 Å². The maximum Gasteiger partial charge on any atom is 0.408 e. The summed E-state index contributed by atoms with van der Waals surface area (Å²) in [5, 5.41) is 5.54. The second-order valence-electron chi connectivity index (χ2n) is 8.84. The fourth-order valence-corrected chi connectivity index (χ4v) is 3.65. The number of hydrogen-bond donors (Lipinski definition) is 2. The first kappa shape index (κ1) is 24.3. The van der Waals surface area contributed by atoms with Gasteiger partial charge in [-0.2, -0.15) is 0 Å². The molecule has 0 radical (unpaired) electrons. The van der Waals surface area contributed by atoms with E-state index in [4.69, 9.17) is 11.2 Å². The van der Waals surface area contributed by atoms with Crippen molar-refractivity contribution in [3.63, 3.8) is 0 Å². The predicted octanol–water partition coefficient (Wildman–Crippen LogP) is 3.14. The molecular weight excluding hydrogens is 394 g/mol. The van der Waals surface area contributed by atoms with Crippen molar-refractivity contribution in [2.75, 3.05) is 13.6 Å². The van der Waals surface area contributed by atoms with Crippen LogP contribution in [0, 0.1) is 12.3 Å². The quantitative estimate of drug-likeness (QED) is 0.683. The van der Waals surface area contributed by atoms with Gasteiger partial charge in [0.25, 0.3) is 0 Å². The Kier molecular flexibility index (Phi) is 8.49. The van der Waals surface area contributed by atoms with Crippen LogP contribution in [0.2, 0.25) is 0 Å². The van der Waals surface area contributed by atoms with Crippen molar-refractivity contribution in [3.8, 4) is 12.3 Å². The lowest BCUT2D eigenvalue weighted by Crippen LogP contribution is -2.48. The fraction of sp³-hybridized carbons (Fsp3) is 0.542. The van der Waals surface area contributed by atoms with Gasteiger partial charge < -0.3 is 20.3 Å². The van der Waals surface area contributed by atoms with Gasteiger partial charge in [0.05, 0.1) is 0 Å². The van der Waals surface area contributed by atoms with Crippen LogP contribution in [0.15, 0.2) is 24.3 Å². The number of amides is 3. The molecule has 7 heteroatoms. The maximum atomic E-state index is 13.3. The summed E-state index contributed by atoms with van der Waals surface area (Å²) in [4.78, 5) is 39.4. The van der Waals surface area contributed by atoms with Gasteiger partial charge in [0.2, 0.25) is 11.8 Å². The van der Waals surface area contributed by atoms with E-state index in [9.17, 15) is 14.4 Å². The summed E-state index contributed by atoms with van der Waals surface area (Å²) >= 11 is 0. The Labute approximate surface area is 184 Å². The SMILES string of the molecule is C#Cc1ccccc1C(C(=O)NC1CCCCC1)N(C)C(=O)CNC(=O)OC(C)(C)C. The van der Waals surface area contributed by atoms with Crippen molar-refractivity contribution in [3.05, 3.63) is 35.4 Å². The zero-order chi connectivity index (χ0) is 23.0. The number of hydrogen-bond acceptors (Lipinski definition) is 4. The van der Waals surface area contributed by atoms with E-state index in [-0.39, 0.29) is 18.5 Å². The molecule has 31 heavy (non-hydrogen) atoms. The highest BCUT2D eigenvalue weighted by molar-refractivity contribution is 5.90. The number of carbonyl (C=O) groups excluding carboxylic acids is 3. The highest BCUT2D eigenvalue weighted by Gasteiger charge is 2.32. The molecule has 2 rings (SSSR count). The second kappa shape index (κ2) is 10.9. The molecule has 1 saturated carbocycles. The highest BCUT2D eigenvalue weighted by atomic mass is 16.6. The molecule has 1 unspecified atom stereocenters. The standard InChI is InChI=1S/C24H33N3O4/c1-6-17-12-10-11-15-19(17)21(22(29)26-18-13-8-7-9-14-18)27(5)20(28)16-25-23(30)31-24(2,3)4/h1,10-12,15,18,21H,7-9,13-14,16H2,2-5H3,(H,25,30)(H,26,29). The Balaban J connectivity index is 2.18. The van der Waals surface area contributed by atoms with Crippen molar-refractivity contribution in [2.24, 2.45) is 0 Å². The zero-order valence-corrected chi connectivity index (χ0v) is 18.9. The summed E-state index contributed by atoms with van der Waals surface area (Å²) in [6.07, 6.45) is 10.1. The average molecular weight is 428 g/mol. The van der Waals surface area contributed by atoms with Crippen LogP contribution in [0.1, 0.15) is 70.0 Å². The van der Waals surface area contributed by atoms with E-state index in [1.807, 2.05) is 0 Å². The Morgan fingerprint density at radius 3 is 2.45 bits per heavy atom. The minimum atomic E-state index is -0.901. The van der Waals surface area contributed by atoms with Crippen LogP contribution < -0.4 is 10.6 Å². The first-order valence-corrected chi connectivity index (χ1v) is 10.7. The van der Waals surface area contributed by atoms with Gasteiger partial charge in [0.15, 0.2) is 0 Å². The van der Waals surface area contributed by atoms with Gasteiger partial charge in [-0.15, -0.1) is 6.42 Å². The molecule has 7 nitrogen and oxygen atoms in total. The molecule has 0 aliphatic heterocycles. The summed E-state index contributed by atoms with van der Waals surface area (Å²) < 4.78 is 5.17.